The Balaban J connectivity index is 1.24. The quantitative estimate of drug-likeness (QED) is 0.587. The molecular weight excluding hydrogens is 412 g/mol. The van der Waals surface area contributed by atoms with Gasteiger partial charge in [-0.1, -0.05) is 54.6 Å². The number of likely N-dealkylation sites (tertiary alicyclic amines) is 1. The van der Waals surface area contributed by atoms with Crippen molar-refractivity contribution >= 4 is 22.6 Å². The summed E-state index contributed by atoms with van der Waals surface area (Å²) in [5, 5.41) is 5.16. The van der Waals surface area contributed by atoms with Gasteiger partial charge >= 0.3 is 0 Å². The largest absolute Gasteiger partial charge is 0.496 e. The normalized spacial score (nSPS) is 17.5. The molecule has 3 aromatic rings. The zero-order valence-corrected chi connectivity index (χ0v) is 19.0. The number of fused-ring (bicyclic) bond motifs is 1. The van der Waals surface area contributed by atoms with Crippen LogP contribution in [0, 0.1) is 11.8 Å². The van der Waals surface area contributed by atoms with Gasteiger partial charge in [0.2, 0.25) is 5.91 Å². The predicted octanol–water partition coefficient (Wildman–Crippen LogP) is 4.97. The number of methoxy groups -OCH3 is 1. The van der Waals surface area contributed by atoms with Crippen LogP contribution in [0.2, 0.25) is 0 Å². The molecular formula is C28H30N2O3. The Labute approximate surface area is 194 Å². The number of nitrogens with one attached hydrogen (secondary N) is 1. The molecule has 1 aliphatic heterocycles. The Morgan fingerprint density at radius 3 is 2.21 bits per heavy atom. The zero-order valence-electron chi connectivity index (χ0n) is 19.0. The minimum atomic E-state index is -0.0494. The summed E-state index contributed by atoms with van der Waals surface area (Å²) in [6.07, 6.45) is 3.72. The Kier molecular flexibility index (Phi) is 6.03. The average Bonchev–Trinajstić information content (AvgIpc) is 3.72. The number of hydrogen-bond acceptors (Lipinski definition) is 3. The van der Waals surface area contributed by atoms with Crippen molar-refractivity contribution in [3.63, 3.8) is 0 Å². The summed E-state index contributed by atoms with van der Waals surface area (Å²) < 4.78 is 5.46. The van der Waals surface area contributed by atoms with Crippen LogP contribution in [0.4, 0.5) is 0 Å². The highest BCUT2D eigenvalue weighted by molar-refractivity contribution is 6.08. The van der Waals surface area contributed by atoms with Crippen LogP contribution in [0.15, 0.2) is 66.7 Å². The van der Waals surface area contributed by atoms with E-state index in [9.17, 15) is 9.59 Å². The van der Waals surface area contributed by atoms with Crippen LogP contribution >= 0.6 is 0 Å². The number of amides is 2. The Morgan fingerprint density at radius 2 is 1.55 bits per heavy atom. The van der Waals surface area contributed by atoms with E-state index in [0.29, 0.717) is 37.4 Å². The molecule has 5 rings (SSSR count). The second-order valence-corrected chi connectivity index (χ2v) is 9.16. The van der Waals surface area contributed by atoms with E-state index in [4.69, 9.17) is 4.74 Å². The number of carbonyl (C=O) groups excluding carboxylic acids is 2. The molecule has 1 heterocycles. The first-order valence-corrected chi connectivity index (χ1v) is 11.9. The summed E-state index contributed by atoms with van der Waals surface area (Å²) in [6.45, 7) is 1.19. The standard InChI is InChI=1S/C28H30N2O3/c1-33-25-14-13-24(22-9-5-6-10-23(22)25)28(32)30-17-15-21(16-18-30)27(31)29-26(20-11-12-20)19-7-3-2-4-8-19/h2-10,13-14,20-21,26H,11-12,15-18H2,1H3,(H,29,31)/t26-/m0/s1. The van der Waals surface area contributed by atoms with Crippen molar-refractivity contribution in [2.75, 3.05) is 20.2 Å². The topological polar surface area (TPSA) is 58.6 Å². The second kappa shape index (κ2) is 9.26. The van der Waals surface area contributed by atoms with Gasteiger partial charge in [-0.05, 0) is 54.7 Å². The molecule has 1 saturated carbocycles. The van der Waals surface area contributed by atoms with Gasteiger partial charge in [-0.15, -0.1) is 0 Å². The lowest BCUT2D eigenvalue weighted by Crippen LogP contribution is -2.44. The number of piperidine rings is 1. The molecule has 2 aliphatic rings. The molecule has 2 fully saturated rings. The molecule has 170 valence electrons. The van der Waals surface area contributed by atoms with Gasteiger partial charge in [0.05, 0.1) is 13.2 Å². The molecule has 0 radical (unpaired) electrons. The third kappa shape index (κ3) is 4.45. The van der Waals surface area contributed by atoms with Crippen molar-refractivity contribution in [3.05, 3.63) is 77.9 Å². The molecule has 5 heteroatoms. The fourth-order valence-electron chi connectivity index (χ4n) is 4.99. The third-order valence-corrected chi connectivity index (χ3v) is 7.04. The van der Waals surface area contributed by atoms with Crippen molar-refractivity contribution in [2.45, 2.75) is 31.7 Å². The number of rotatable bonds is 6. The molecule has 3 aromatic carbocycles. The van der Waals surface area contributed by atoms with Crippen LogP contribution < -0.4 is 10.1 Å². The van der Waals surface area contributed by atoms with Crippen LogP contribution in [0.1, 0.15) is 47.6 Å². The molecule has 33 heavy (non-hydrogen) atoms. The van der Waals surface area contributed by atoms with Gasteiger partial charge in [0, 0.05) is 30.0 Å². The SMILES string of the molecule is COc1ccc(C(=O)N2CCC(C(=O)N[C@@H](c3ccccc3)C3CC3)CC2)c2ccccc12. The molecule has 5 nitrogen and oxygen atoms in total. The number of nitrogens with zero attached hydrogens (tertiary/aromatic N) is 1. The van der Waals surface area contributed by atoms with Gasteiger partial charge in [-0.3, -0.25) is 9.59 Å². The summed E-state index contributed by atoms with van der Waals surface area (Å²) >= 11 is 0. The number of ether oxygens (including phenoxy) is 1. The van der Waals surface area contributed by atoms with E-state index >= 15 is 0 Å². The predicted molar refractivity (Wildman–Crippen MR) is 129 cm³/mol. The maximum Gasteiger partial charge on any atom is 0.254 e. The van der Waals surface area contributed by atoms with Crippen LogP contribution in [0.3, 0.4) is 0 Å². The average molecular weight is 443 g/mol. The summed E-state index contributed by atoms with van der Waals surface area (Å²) in [7, 11) is 1.64. The lowest BCUT2D eigenvalue weighted by molar-refractivity contribution is -0.127. The molecule has 0 unspecified atom stereocenters. The number of hydrogen-bond donors (Lipinski definition) is 1. The third-order valence-electron chi connectivity index (χ3n) is 7.04. The van der Waals surface area contributed by atoms with Crippen molar-refractivity contribution in [1.82, 2.24) is 10.2 Å². The van der Waals surface area contributed by atoms with Crippen LogP contribution in [-0.4, -0.2) is 36.9 Å². The number of carbonyl (C=O) groups is 2. The van der Waals surface area contributed by atoms with Gasteiger partial charge in [-0.25, -0.2) is 0 Å². The van der Waals surface area contributed by atoms with E-state index in [1.165, 1.54) is 18.4 Å². The van der Waals surface area contributed by atoms with Crippen LogP contribution in [-0.2, 0) is 4.79 Å². The first-order valence-electron chi connectivity index (χ1n) is 11.9. The van der Waals surface area contributed by atoms with Gasteiger partial charge in [0.1, 0.15) is 5.75 Å². The van der Waals surface area contributed by atoms with E-state index < -0.39 is 0 Å². The smallest absolute Gasteiger partial charge is 0.254 e. The fraction of sp³-hybridized carbons (Fsp3) is 0.357. The van der Waals surface area contributed by atoms with Crippen molar-refractivity contribution in [1.29, 1.82) is 0 Å². The molecule has 1 aliphatic carbocycles. The van der Waals surface area contributed by atoms with Crippen LogP contribution in [0.25, 0.3) is 10.8 Å². The maximum absolute atomic E-state index is 13.3. The molecule has 1 atom stereocenters. The van der Waals surface area contributed by atoms with E-state index in [-0.39, 0.29) is 23.8 Å². The Hall–Kier alpha value is -3.34. The summed E-state index contributed by atoms with van der Waals surface area (Å²) in [5.74, 6) is 1.40. The molecule has 0 bridgehead atoms. The lowest BCUT2D eigenvalue weighted by Gasteiger charge is -2.32. The minimum Gasteiger partial charge on any atom is -0.496 e. The van der Waals surface area contributed by atoms with Crippen molar-refractivity contribution in [2.24, 2.45) is 11.8 Å². The molecule has 1 N–H and O–H groups in total. The highest BCUT2D eigenvalue weighted by atomic mass is 16.5. The van der Waals surface area contributed by atoms with E-state index in [1.807, 2.05) is 59.5 Å². The van der Waals surface area contributed by atoms with E-state index in [1.54, 1.807) is 7.11 Å². The van der Waals surface area contributed by atoms with E-state index in [2.05, 4.69) is 17.4 Å². The van der Waals surface area contributed by atoms with Crippen molar-refractivity contribution in [3.8, 4) is 5.75 Å². The van der Waals surface area contributed by atoms with Gasteiger partial charge < -0.3 is 15.0 Å². The zero-order chi connectivity index (χ0) is 22.8. The molecule has 2 amide bonds. The lowest BCUT2D eigenvalue weighted by atomic mass is 9.93. The first kappa shape index (κ1) is 21.5. The fourth-order valence-corrected chi connectivity index (χ4v) is 4.99. The van der Waals surface area contributed by atoms with Gasteiger partial charge in [0.15, 0.2) is 0 Å². The number of benzene rings is 3. The minimum absolute atomic E-state index is 0.0212. The van der Waals surface area contributed by atoms with Crippen molar-refractivity contribution < 1.29 is 14.3 Å². The maximum atomic E-state index is 13.3. The van der Waals surface area contributed by atoms with Crippen LogP contribution in [0.5, 0.6) is 5.75 Å². The summed E-state index contributed by atoms with van der Waals surface area (Å²) in [4.78, 5) is 28.3. The van der Waals surface area contributed by atoms with Gasteiger partial charge in [-0.2, -0.15) is 0 Å². The van der Waals surface area contributed by atoms with E-state index in [0.717, 1.165) is 16.5 Å². The first-order chi connectivity index (χ1) is 16.2. The molecule has 0 spiro atoms. The summed E-state index contributed by atoms with van der Waals surface area (Å²) in [6, 6.07) is 21.9. The Bertz CT molecular complexity index is 1150. The highest BCUT2D eigenvalue weighted by Crippen LogP contribution is 2.41. The highest BCUT2D eigenvalue weighted by Gasteiger charge is 2.36. The Morgan fingerprint density at radius 1 is 0.879 bits per heavy atom. The van der Waals surface area contributed by atoms with Gasteiger partial charge in [0.25, 0.3) is 5.91 Å². The second-order valence-electron chi connectivity index (χ2n) is 9.16. The molecule has 0 aromatic heterocycles. The monoisotopic (exact) mass is 442 g/mol. The summed E-state index contributed by atoms with van der Waals surface area (Å²) in [5.41, 5.74) is 1.87. The molecule has 1 saturated heterocycles.